The topological polar surface area (TPSA) is 78.0 Å². The zero-order chi connectivity index (χ0) is 11.5. The van der Waals surface area contributed by atoms with Crippen molar-refractivity contribution >= 4 is 10.0 Å². The third-order valence-electron chi connectivity index (χ3n) is 1.98. The number of aromatic nitrogens is 2. The minimum absolute atomic E-state index is 0.154. The molecule has 0 fully saturated rings. The number of primary sulfonamides is 1. The van der Waals surface area contributed by atoms with Crippen LogP contribution in [0.4, 0.5) is 4.39 Å². The SMILES string of the molecule is CCc1nc(S(N)(=O)=O)cn1CCCF. The lowest BCUT2D eigenvalue weighted by Gasteiger charge is -2.02. The Hall–Kier alpha value is -0.950. The third kappa shape index (κ3) is 3.00. The Morgan fingerprint density at radius 1 is 1.60 bits per heavy atom. The second kappa shape index (κ2) is 4.71. The molecule has 0 radical (unpaired) electrons. The highest BCUT2D eigenvalue weighted by atomic mass is 32.2. The Kier molecular flexibility index (Phi) is 3.81. The minimum Gasteiger partial charge on any atom is -0.333 e. The normalized spacial score (nSPS) is 11.9. The Morgan fingerprint density at radius 2 is 2.27 bits per heavy atom. The van der Waals surface area contributed by atoms with E-state index in [-0.39, 0.29) is 5.03 Å². The van der Waals surface area contributed by atoms with Crippen molar-refractivity contribution in [2.24, 2.45) is 5.14 Å². The number of nitrogens with zero attached hydrogens (tertiary/aromatic N) is 2. The van der Waals surface area contributed by atoms with Gasteiger partial charge in [0, 0.05) is 19.2 Å². The molecule has 0 bridgehead atoms. The van der Waals surface area contributed by atoms with Gasteiger partial charge in [-0.25, -0.2) is 18.5 Å². The summed E-state index contributed by atoms with van der Waals surface area (Å²) in [7, 11) is -3.77. The molecule has 1 aromatic rings. The van der Waals surface area contributed by atoms with Gasteiger partial charge in [-0.1, -0.05) is 6.92 Å². The van der Waals surface area contributed by atoms with Crippen molar-refractivity contribution < 1.29 is 12.8 Å². The standard InChI is InChI=1S/C8H14FN3O2S/c1-2-7-11-8(15(10,13)14)6-12(7)5-3-4-9/h6H,2-5H2,1H3,(H2,10,13,14). The van der Waals surface area contributed by atoms with Crippen LogP contribution < -0.4 is 5.14 Å². The van der Waals surface area contributed by atoms with Gasteiger partial charge in [0.15, 0.2) is 5.03 Å². The Balaban J connectivity index is 3.01. The van der Waals surface area contributed by atoms with Gasteiger partial charge in [-0.2, -0.15) is 0 Å². The molecule has 0 spiro atoms. The fourth-order valence-corrected chi connectivity index (χ4v) is 1.78. The van der Waals surface area contributed by atoms with Gasteiger partial charge >= 0.3 is 0 Å². The summed E-state index contributed by atoms with van der Waals surface area (Å²) < 4.78 is 35.6. The lowest BCUT2D eigenvalue weighted by molar-refractivity contribution is 0.443. The molecule has 1 rings (SSSR count). The van der Waals surface area contributed by atoms with Crippen LogP contribution in [0, 0.1) is 0 Å². The van der Waals surface area contributed by atoms with Gasteiger partial charge in [0.25, 0.3) is 10.0 Å². The van der Waals surface area contributed by atoms with Crippen molar-refractivity contribution in [1.29, 1.82) is 0 Å². The van der Waals surface area contributed by atoms with Crippen LogP contribution in [-0.2, 0) is 23.0 Å². The van der Waals surface area contributed by atoms with E-state index in [9.17, 15) is 12.8 Å². The van der Waals surface area contributed by atoms with Gasteiger partial charge in [0.05, 0.1) is 6.67 Å². The summed E-state index contributed by atoms with van der Waals surface area (Å²) in [6, 6.07) is 0. The first-order valence-electron chi connectivity index (χ1n) is 4.64. The van der Waals surface area contributed by atoms with Crippen LogP contribution in [0.15, 0.2) is 11.2 Å². The minimum atomic E-state index is -3.77. The van der Waals surface area contributed by atoms with Crippen LogP contribution >= 0.6 is 0 Å². The smallest absolute Gasteiger partial charge is 0.257 e. The maximum atomic E-state index is 12.0. The Bertz CT molecular complexity index is 427. The van der Waals surface area contributed by atoms with Crippen molar-refractivity contribution in [3.05, 3.63) is 12.0 Å². The van der Waals surface area contributed by atoms with E-state index in [0.717, 1.165) is 0 Å². The molecule has 2 N–H and O–H groups in total. The van der Waals surface area contributed by atoms with Gasteiger partial charge < -0.3 is 4.57 Å². The molecule has 1 aromatic heterocycles. The van der Waals surface area contributed by atoms with E-state index in [1.54, 1.807) is 4.57 Å². The number of nitrogens with two attached hydrogens (primary N) is 1. The number of hydrogen-bond donors (Lipinski definition) is 1. The van der Waals surface area contributed by atoms with Gasteiger partial charge in [0.2, 0.25) is 0 Å². The summed E-state index contributed by atoms with van der Waals surface area (Å²) in [5.74, 6) is 0.604. The molecule has 0 aliphatic carbocycles. The molecule has 0 aliphatic heterocycles. The number of sulfonamides is 1. The fourth-order valence-electron chi connectivity index (χ4n) is 1.27. The number of rotatable bonds is 5. The van der Waals surface area contributed by atoms with Gasteiger partial charge in [-0.15, -0.1) is 0 Å². The van der Waals surface area contributed by atoms with Crippen LogP contribution in [-0.4, -0.2) is 24.6 Å². The van der Waals surface area contributed by atoms with Crippen LogP contribution in [0.5, 0.6) is 0 Å². The quantitative estimate of drug-likeness (QED) is 0.805. The van der Waals surface area contributed by atoms with Crippen LogP contribution in [0.25, 0.3) is 0 Å². The molecule has 0 unspecified atom stereocenters. The number of aryl methyl sites for hydroxylation is 2. The maximum absolute atomic E-state index is 12.0. The fraction of sp³-hybridized carbons (Fsp3) is 0.625. The monoisotopic (exact) mass is 235 g/mol. The summed E-state index contributed by atoms with van der Waals surface area (Å²) >= 11 is 0. The predicted octanol–water partition coefficient (Wildman–Crippen LogP) is 0.452. The first-order valence-corrected chi connectivity index (χ1v) is 6.18. The van der Waals surface area contributed by atoms with E-state index < -0.39 is 16.7 Å². The van der Waals surface area contributed by atoms with Crippen molar-refractivity contribution in [1.82, 2.24) is 9.55 Å². The zero-order valence-electron chi connectivity index (χ0n) is 8.48. The molecule has 0 aromatic carbocycles. The van der Waals surface area contributed by atoms with E-state index in [4.69, 9.17) is 5.14 Å². The molecule has 86 valence electrons. The van der Waals surface area contributed by atoms with E-state index in [1.165, 1.54) is 6.20 Å². The second-order valence-electron chi connectivity index (χ2n) is 3.13. The highest BCUT2D eigenvalue weighted by Crippen LogP contribution is 2.09. The van der Waals surface area contributed by atoms with Crippen molar-refractivity contribution in [3.8, 4) is 0 Å². The van der Waals surface area contributed by atoms with Crippen molar-refractivity contribution in [2.75, 3.05) is 6.67 Å². The number of imidazole rings is 1. The third-order valence-corrected chi connectivity index (χ3v) is 2.76. The summed E-state index contributed by atoms with van der Waals surface area (Å²) in [6.45, 7) is 1.83. The van der Waals surface area contributed by atoms with E-state index in [0.29, 0.717) is 25.2 Å². The lowest BCUT2D eigenvalue weighted by Crippen LogP contribution is -2.12. The number of halogens is 1. The molecular formula is C8H14FN3O2S. The summed E-state index contributed by atoms with van der Waals surface area (Å²) in [5.41, 5.74) is 0. The first-order chi connectivity index (χ1) is 6.99. The van der Waals surface area contributed by atoms with Crippen LogP contribution in [0.3, 0.4) is 0 Å². The summed E-state index contributed by atoms with van der Waals surface area (Å²) in [4.78, 5) is 3.88. The van der Waals surface area contributed by atoms with Crippen molar-refractivity contribution in [2.45, 2.75) is 31.3 Å². The molecule has 15 heavy (non-hydrogen) atoms. The molecule has 0 saturated heterocycles. The summed E-state index contributed by atoms with van der Waals surface area (Å²) in [5, 5.41) is 4.79. The lowest BCUT2D eigenvalue weighted by atomic mass is 10.4. The van der Waals surface area contributed by atoms with Crippen LogP contribution in [0.2, 0.25) is 0 Å². The highest BCUT2D eigenvalue weighted by Gasteiger charge is 2.14. The van der Waals surface area contributed by atoms with E-state index >= 15 is 0 Å². The molecule has 0 amide bonds. The van der Waals surface area contributed by atoms with Gasteiger partial charge in [0.1, 0.15) is 5.82 Å². The molecule has 0 atom stereocenters. The maximum Gasteiger partial charge on any atom is 0.257 e. The molecule has 5 nitrogen and oxygen atoms in total. The highest BCUT2D eigenvalue weighted by molar-refractivity contribution is 7.89. The zero-order valence-corrected chi connectivity index (χ0v) is 9.30. The number of alkyl halides is 1. The van der Waals surface area contributed by atoms with Gasteiger partial charge in [-0.05, 0) is 6.42 Å². The largest absolute Gasteiger partial charge is 0.333 e. The van der Waals surface area contributed by atoms with E-state index in [1.807, 2.05) is 6.92 Å². The molecule has 1 heterocycles. The molecule has 0 aliphatic rings. The predicted molar refractivity (Wildman–Crippen MR) is 53.6 cm³/mol. The molecule has 0 saturated carbocycles. The van der Waals surface area contributed by atoms with Gasteiger partial charge in [-0.3, -0.25) is 4.39 Å². The average Bonchev–Trinajstić information content (AvgIpc) is 2.57. The van der Waals surface area contributed by atoms with E-state index in [2.05, 4.69) is 4.98 Å². The Labute approximate surface area is 88.2 Å². The summed E-state index contributed by atoms with van der Waals surface area (Å²) in [6.07, 6.45) is 2.28. The van der Waals surface area contributed by atoms with Crippen LogP contribution in [0.1, 0.15) is 19.2 Å². The molecule has 7 heteroatoms. The Morgan fingerprint density at radius 3 is 2.73 bits per heavy atom. The first kappa shape index (κ1) is 12.1. The molecular weight excluding hydrogens is 221 g/mol. The average molecular weight is 235 g/mol. The number of hydrogen-bond acceptors (Lipinski definition) is 3. The van der Waals surface area contributed by atoms with Crippen molar-refractivity contribution in [3.63, 3.8) is 0 Å². The second-order valence-corrected chi connectivity index (χ2v) is 4.64.